The van der Waals surface area contributed by atoms with Crippen molar-refractivity contribution in [2.75, 3.05) is 6.54 Å². The smallest absolute Gasteiger partial charge is 0.310 e. The van der Waals surface area contributed by atoms with Gasteiger partial charge in [0.1, 0.15) is 6.10 Å². The summed E-state index contributed by atoms with van der Waals surface area (Å²) in [5.74, 6) is -1.64. The maximum Gasteiger partial charge on any atom is 0.310 e. The van der Waals surface area contributed by atoms with Crippen LogP contribution in [0.2, 0.25) is 0 Å². The van der Waals surface area contributed by atoms with Gasteiger partial charge >= 0.3 is 5.97 Å². The quantitative estimate of drug-likeness (QED) is 0.306. The van der Waals surface area contributed by atoms with Crippen LogP contribution in [0.4, 0.5) is 0 Å². The van der Waals surface area contributed by atoms with Gasteiger partial charge in [-0.3, -0.25) is 14.4 Å². The number of aliphatic carboxylic acids is 1. The van der Waals surface area contributed by atoms with E-state index in [4.69, 9.17) is 9.72 Å². The highest BCUT2D eigenvalue weighted by Crippen LogP contribution is 2.57. The van der Waals surface area contributed by atoms with E-state index < -0.39 is 23.5 Å². The highest BCUT2D eigenvalue weighted by atomic mass is 32.1. The minimum absolute atomic E-state index is 0.0593. The minimum Gasteiger partial charge on any atom is -0.481 e. The molecule has 3 aromatic rings. The van der Waals surface area contributed by atoms with Crippen LogP contribution in [0.1, 0.15) is 82.8 Å². The fourth-order valence-corrected chi connectivity index (χ4v) is 8.60. The monoisotopic (exact) mass is 635 g/mol. The number of allylic oxidation sites excluding steroid dienone is 2. The van der Waals surface area contributed by atoms with Crippen LogP contribution in [0.25, 0.3) is 10.2 Å². The zero-order chi connectivity index (χ0) is 31.1. The highest BCUT2D eigenvalue weighted by Gasteiger charge is 2.61. The molecule has 4 heterocycles. The molecule has 8 nitrogen and oxygen atoms in total. The number of nitrogens with zero attached hydrogens (tertiary/aromatic N) is 3. The lowest BCUT2D eigenvalue weighted by atomic mass is 9.91. The number of carboxylic acid groups (broad SMARTS) is 1. The Morgan fingerprint density at radius 2 is 1.98 bits per heavy atom. The SMILES string of the molecule is CC(C)(C)c1csc(C[C@H]2CCCCC/C=C\[C@@H]3C[C@@]3(C(=O)O)CC(=O)[C@@H]3C[C@@H](Oc4nc5ccccc5s4)CN3C2=O)n1. The van der Waals surface area contributed by atoms with Crippen molar-refractivity contribution in [1.29, 1.82) is 0 Å². The average molecular weight is 636 g/mol. The molecule has 1 saturated heterocycles. The minimum atomic E-state index is -1.09. The number of benzene rings is 1. The molecule has 234 valence electrons. The maximum absolute atomic E-state index is 14.4. The number of para-hydroxylation sites is 1. The number of hydrogen-bond donors (Lipinski definition) is 1. The fraction of sp³-hybridized carbons (Fsp3) is 0.559. The Hall–Kier alpha value is -3.11. The van der Waals surface area contributed by atoms with Crippen LogP contribution in [0.3, 0.4) is 0 Å². The van der Waals surface area contributed by atoms with E-state index in [1.807, 2.05) is 30.3 Å². The van der Waals surface area contributed by atoms with Crippen LogP contribution in [-0.4, -0.2) is 56.3 Å². The second-order valence-corrected chi connectivity index (χ2v) is 15.6. The van der Waals surface area contributed by atoms with E-state index in [-0.39, 0.29) is 41.9 Å². The lowest BCUT2D eigenvalue weighted by Gasteiger charge is -2.28. The first kappa shape index (κ1) is 30.9. The van der Waals surface area contributed by atoms with Crippen LogP contribution in [0.15, 0.2) is 41.8 Å². The Labute approximate surface area is 266 Å². The Bertz CT molecular complexity index is 1540. The van der Waals surface area contributed by atoms with Gasteiger partial charge in [-0.1, -0.05) is 69.2 Å². The number of thiazole rings is 2. The Balaban J connectivity index is 1.28. The van der Waals surface area contributed by atoms with Gasteiger partial charge in [-0.05, 0) is 43.7 Å². The van der Waals surface area contributed by atoms with E-state index in [1.54, 1.807) is 16.2 Å². The molecule has 10 heteroatoms. The predicted molar refractivity (Wildman–Crippen MR) is 172 cm³/mol. The topological polar surface area (TPSA) is 110 Å². The Kier molecular flexibility index (Phi) is 8.67. The van der Waals surface area contributed by atoms with Crippen LogP contribution in [0, 0.1) is 17.3 Å². The molecule has 0 unspecified atom stereocenters. The highest BCUT2D eigenvalue weighted by molar-refractivity contribution is 7.20. The molecule has 1 saturated carbocycles. The molecule has 1 aliphatic carbocycles. The second kappa shape index (κ2) is 12.4. The predicted octanol–water partition coefficient (Wildman–Crippen LogP) is 6.83. The number of fused-ring (bicyclic) bond motifs is 3. The summed E-state index contributed by atoms with van der Waals surface area (Å²) in [6.07, 6.45) is 9.37. The van der Waals surface area contributed by atoms with Gasteiger partial charge in [0, 0.05) is 36.0 Å². The van der Waals surface area contributed by atoms with E-state index in [0.29, 0.717) is 24.5 Å². The number of carbonyl (C=O) groups is 3. The number of rotatable bonds is 5. The Morgan fingerprint density at radius 1 is 1.16 bits per heavy atom. The third-order valence-corrected chi connectivity index (χ3v) is 11.2. The van der Waals surface area contributed by atoms with Crippen molar-refractivity contribution < 1.29 is 24.2 Å². The summed E-state index contributed by atoms with van der Waals surface area (Å²) >= 11 is 3.04. The van der Waals surface area contributed by atoms with E-state index in [9.17, 15) is 19.5 Å². The van der Waals surface area contributed by atoms with E-state index in [1.165, 1.54) is 11.3 Å². The largest absolute Gasteiger partial charge is 0.481 e. The third kappa shape index (κ3) is 6.47. The Morgan fingerprint density at radius 3 is 2.73 bits per heavy atom. The molecule has 44 heavy (non-hydrogen) atoms. The summed E-state index contributed by atoms with van der Waals surface area (Å²) in [7, 11) is 0. The summed E-state index contributed by atoms with van der Waals surface area (Å²) in [6, 6.07) is 7.09. The number of Topliss-reactive ketones (excluding diaryl/α,β-unsaturated/α-hetero) is 1. The van der Waals surface area contributed by atoms with Crippen molar-refractivity contribution in [1.82, 2.24) is 14.9 Å². The molecule has 0 spiro atoms. The van der Waals surface area contributed by atoms with Crippen molar-refractivity contribution in [2.45, 2.75) is 96.1 Å². The van der Waals surface area contributed by atoms with Gasteiger partial charge in [0.25, 0.3) is 5.19 Å². The zero-order valence-corrected chi connectivity index (χ0v) is 27.3. The molecule has 6 rings (SSSR count). The first-order valence-electron chi connectivity index (χ1n) is 15.7. The van der Waals surface area contributed by atoms with Crippen LogP contribution >= 0.6 is 22.7 Å². The number of aromatic nitrogens is 2. The van der Waals surface area contributed by atoms with Crippen molar-refractivity contribution >= 4 is 50.5 Å². The molecular formula is C34H41N3O5S2. The summed E-state index contributed by atoms with van der Waals surface area (Å²) < 4.78 is 7.34. The molecular weight excluding hydrogens is 595 g/mol. The number of ether oxygens (including phenoxy) is 1. The molecule has 2 fully saturated rings. The fourth-order valence-electron chi connectivity index (χ4n) is 6.61. The summed E-state index contributed by atoms with van der Waals surface area (Å²) in [6.45, 7) is 6.68. The van der Waals surface area contributed by atoms with Crippen molar-refractivity contribution in [3.8, 4) is 5.19 Å². The number of amides is 1. The van der Waals surface area contributed by atoms with Crippen LogP contribution < -0.4 is 4.74 Å². The molecule has 5 atom stereocenters. The second-order valence-electron chi connectivity index (χ2n) is 13.7. The summed E-state index contributed by atoms with van der Waals surface area (Å²) in [5, 5.41) is 13.7. The van der Waals surface area contributed by atoms with Gasteiger partial charge in [0.05, 0.1) is 38.9 Å². The molecule has 0 bridgehead atoms. The lowest BCUT2D eigenvalue weighted by molar-refractivity contribution is -0.147. The number of ketones is 1. The van der Waals surface area contributed by atoms with Crippen molar-refractivity contribution in [3.05, 3.63) is 52.5 Å². The molecule has 1 N–H and O–H groups in total. The van der Waals surface area contributed by atoms with Gasteiger partial charge in [-0.15, -0.1) is 11.3 Å². The lowest BCUT2D eigenvalue weighted by Crippen LogP contribution is -2.45. The number of carboxylic acids is 1. The first-order valence-corrected chi connectivity index (χ1v) is 17.4. The van der Waals surface area contributed by atoms with Gasteiger partial charge in [-0.2, -0.15) is 0 Å². The number of hydrogen-bond acceptors (Lipinski definition) is 8. The van der Waals surface area contributed by atoms with E-state index in [0.717, 1.165) is 53.0 Å². The van der Waals surface area contributed by atoms with Gasteiger partial charge in [0.2, 0.25) is 5.91 Å². The molecule has 2 aliphatic heterocycles. The number of carbonyl (C=O) groups excluding carboxylic acids is 2. The summed E-state index contributed by atoms with van der Waals surface area (Å²) in [5.41, 5.74) is 0.706. The molecule has 1 amide bonds. The molecule has 2 aromatic heterocycles. The molecule has 3 aliphatic rings. The average Bonchev–Trinajstić information content (AvgIpc) is 3.36. The zero-order valence-electron chi connectivity index (χ0n) is 25.7. The van der Waals surface area contributed by atoms with Crippen molar-refractivity contribution in [3.63, 3.8) is 0 Å². The van der Waals surface area contributed by atoms with Crippen LogP contribution in [-0.2, 0) is 26.2 Å². The first-order chi connectivity index (χ1) is 21.0. The van der Waals surface area contributed by atoms with E-state index >= 15 is 0 Å². The molecule has 1 aromatic carbocycles. The molecule has 0 radical (unpaired) electrons. The normalized spacial score (nSPS) is 29.0. The van der Waals surface area contributed by atoms with Gasteiger partial charge in [0.15, 0.2) is 5.78 Å². The van der Waals surface area contributed by atoms with Crippen molar-refractivity contribution in [2.24, 2.45) is 17.3 Å². The maximum atomic E-state index is 14.4. The summed E-state index contributed by atoms with van der Waals surface area (Å²) in [4.78, 5) is 52.0. The van der Waals surface area contributed by atoms with Crippen LogP contribution in [0.5, 0.6) is 5.19 Å². The van der Waals surface area contributed by atoms with E-state index in [2.05, 4.69) is 37.2 Å². The van der Waals surface area contributed by atoms with Gasteiger partial charge in [-0.25, -0.2) is 9.97 Å². The third-order valence-electron chi connectivity index (χ3n) is 9.39. The standard InChI is InChI=1S/C34H41N3O5S2/c1-33(2,3)28-20-43-29(36-28)15-21-11-7-5-4-6-8-12-22-17-34(22,31(40)41)18-26(38)25-16-23(19-37(25)30(21)39)42-32-35-24-13-9-10-14-27(24)44-32/h8-10,12-14,20-23,25H,4-7,11,15-19H2,1-3H3,(H,40,41)/b12-8-/t21-,22-,23-,25+,34-/m1/s1. The van der Waals surface area contributed by atoms with Gasteiger partial charge < -0.3 is 14.7 Å².